The second-order valence-electron chi connectivity index (χ2n) is 12.7. The number of carboxylic acid groups (broad SMARTS) is 1. The van der Waals surface area contributed by atoms with Gasteiger partial charge in [0.1, 0.15) is 0 Å². The molecule has 0 aliphatic rings. The largest absolute Gasteiger partial charge is 0.481 e. The van der Waals surface area contributed by atoms with Crippen molar-refractivity contribution in [2.75, 3.05) is 24.2 Å². The Morgan fingerprint density at radius 3 is 2.37 bits per heavy atom. The molecule has 10 N–H and O–H groups in total. The number of Topliss-reactive ketones (excluding diaryl/α,β-unsaturated/α-hetero) is 1. The number of nitrogens with zero attached hydrogens (tertiary/aromatic N) is 5. The maximum atomic E-state index is 13.3. The summed E-state index contributed by atoms with van der Waals surface area (Å²) in [6, 6.07) is 5.24. The predicted molar refractivity (Wildman–Crippen MR) is 188 cm³/mol. The Morgan fingerprint density at radius 2 is 1.73 bits per heavy atom. The Bertz CT molecular complexity index is 1810. The monoisotopic (exact) mass is 711 g/mol. The van der Waals surface area contributed by atoms with E-state index in [0.29, 0.717) is 23.6 Å². The molecule has 0 saturated heterocycles. The van der Waals surface area contributed by atoms with Crippen LogP contribution in [0, 0.1) is 0 Å². The number of hydrogen-bond donors (Lipinski definition) is 9. The van der Waals surface area contributed by atoms with E-state index in [1.165, 1.54) is 18.3 Å². The van der Waals surface area contributed by atoms with Crippen LogP contribution in [0.2, 0.25) is 0 Å². The molecular weight excluding hydrogens is 666 g/mol. The van der Waals surface area contributed by atoms with E-state index in [4.69, 9.17) is 15.8 Å². The Hall–Kier alpha value is -5.53. The number of aromatic amines is 1. The quantitative estimate of drug-likeness (QED) is 0.0348. The smallest absolute Gasteiger partial charge is 0.303 e. The molecule has 0 spiro atoms. The number of nitrogen functional groups attached to an aromatic ring is 1. The second kappa shape index (κ2) is 17.9. The van der Waals surface area contributed by atoms with Gasteiger partial charge in [0.2, 0.25) is 5.95 Å². The van der Waals surface area contributed by atoms with Crippen molar-refractivity contribution in [2.24, 2.45) is 10.3 Å². The van der Waals surface area contributed by atoms with Crippen molar-refractivity contribution in [3.8, 4) is 0 Å². The summed E-state index contributed by atoms with van der Waals surface area (Å²) >= 11 is 0. The number of aliphatic carboxylic acids is 1. The lowest BCUT2D eigenvalue weighted by atomic mass is 9.92. The first-order valence-electron chi connectivity index (χ1n) is 16.0. The van der Waals surface area contributed by atoms with Crippen LogP contribution in [0.3, 0.4) is 0 Å². The summed E-state index contributed by atoms with van der Waals surface area (Å²) in [7, 11) is 0. The van der Waals surface area contributed by atoms with Gasteiger partial charge in [-0.1, -0.05) is 10.3 Å². The first kappa shape index (κ1) is 39.9. The zero-order chi connectivity index (χ0) is 37.8. The van der Waals surface area contributed by atoms with Gasteiger partial charge in [-0.15, -0.1) is 0 Å². The standard InChI is InChI=1S/C32H45N11O8/c1-18(41-49)31(2,3)43-51-15-14-36-32(4,5)24(42-50)12-11-23(44)22(10-13-25(45)46)38-28(47)19-6-8-20(9-7-19)34-16-21-17-35-27-26(37-21)29(48)40-30(33)39-27/h6-9,17,22,34,36,43,49-50H,10-16H2,1-5H3,(H,38,47)(H,45,46)(H3,33,35,39,40,48)/t22-/m0/s1. The number of carbonyl (C=O) groups is 3. The lowest BCUT2D eigenvalue weighted by Crippen LogP contribution is -2.50. The topological polar surface area (TPSA) is 292 Å². The van der Waals surface area contributed by atoms with E-state index in [0.717, 1.165) is 0 Å². The van der Waals surface area contributed by atoms with Gasteiger partial charge in [-0.25, -0.2) is 9.97 Å². The number of hydrogen-bond acceptors (Lipinski definition) is 16. The summed E-state index contributed by atoms with van der Waals surface area (Å²) in [4.78, 5) is 70.0. The highest BCUT2D eigenvalue weighted by atomic mass is 16.6. The maximum Gasteiger partial charge on any atom is 0.303 e. The van der Waals surface area contributed by atoms with Crippen LogP contribution in [-0.4, -0.2) is 94.8 Å². The first-order valence-corrected chi connectivity index (χ1v) is 16.0. The van der Waals surface area contributed by atoms with Gasteiger partial charge in [-0.05, 0) is 71.7 Å². The summed E-state index contributed by atoms with van der Waals surface area (Å²) in [6.07, 6.45) is 0.879. The molecule has 1 amide bonds. The average molecular weight is 712 g/mol. The molecule has 3 rings (SSSR count). The van der Waals surface area contributed by atoms with Crippen molar-refractivity contribution < 1.29 is 34.7 Å². The molecule has 2 aromatic heterocycles. The minimum absolute atomic E-state index is 0.0357. The Balaban J connectivity index is 1.55. The molecular formula is C32H45N11O8. The van der Waals surface area contributed by atoms with Gasteiger partial charge in [0.25, 0.3) is 11.5 Å². The number of fused-ring (bicyclic) bond motifs is 1. The number of H-pyrrole nitrogens is 1. The summed E-state index contributed by atoms with van der Waals surface area (Å²) in [5.74, 6) is -2.19. The van der Waals surface area contributed by atoms with Crippen LogP contribution in [0.5, 0.6) is 0 Å². The van der Waals surface area contributed by atoms with Crippen molar-refractivity contribution in [3.63, 3.8) is 0 Å². The van der Waals surface area contributed by atoms with E-state index in [1.807, 2.05) is 0 Å². The summed E-state index contributed by atoms with van der Waals surface area (Å²) < 4.78 is 0. The van der Waals surface area contributed by atoms with Gasteiger partial charge < -0.3 is 37.2 Å². The van der Waals surface area contributed by atoms with E-state index in [2.05, 4.69) is 51.7 Å². The van der Waals surface area contributed by atoms with Gasteiger partial charge in [0.15, 0.2) is 16.9 Å². The number of nitrogens with one attached hydrogen (secondary N) is 5. The number of ketones is 1. The zero-order valence-corrected chi connectivity index (χ0v) is 29.1. The van der Waals surface area contributed by atoms with E-state index in [-0.39, 0.29) is 67.2 Å². The van der Waals surface area contributed by atoms with Crippen molar-refractivity contribution in [2.45, 2.75) is 84.0 Å². The van der Waals surface area contributed by atoms with Crippen LogP contribution in [0.4, 0.5) is 11.6 Å². The normalized spacial score (nSPS) is 13.2. The van der Waals surface area contributed by atoms with Crippen molar-refractivity contribution in [3.05, 3.63) is 52.1 Å². The van der Waals surface area contributed by atoms with Crippen LogP contribution in [0.1, 0.15) is 76.4 Å². The fourth-order valence-corrected chi connectivity index (χ4v) is 4.66. The fraction of sp³-hybridized carbons (Fsp3) is 0.469. The molecule has 3 aromatic rings. The molecule has 0 aliphatic carbocycles. The molecule has 0 saturated carbocycles. The number of aromatic nitrogens is 4. The minimum atomic E-state index is -1.12. The van der Waals surface area contributed by atoms with Crippen molar-refractivity contribution in [1.29, 1.82) is 0 Å². The zero-order valence-electron chi connectivity index (χ0n) is 29.1. The first-order chi connectivity index (χ1) is 24.1. The van der Waals surface area contributed by atoms with Crippen LogP contribution in [-0.2, 0) is 21.0 Å². The third-order valence-electron chi connectivity index (χ3n) is 8.05. The highest BCUT2D eigenvalue weighted by molar-refractivity contribution is 6.00. The van der Waals surface area contributed by atoms with Crippen LogP contribution < -0.4 is 32.7 Å². The number of carboxylic acids is 1. The highest BCUT2D eigenvalue weighted by Gasteiger charge is 2.29. The Morgan fingerprint density at radius 1 is 1.02 bits per heavy atom. The van der Waals surface area contributed by atoms with Gasteiger partial charge in [-0.3, -0.25) is 29.0 Å². The number of nitrogens with two attached hydrogens (primary N) is 1. The lowest BCUT2D eigenvalue weighted by molar-refractivity contribution is -0.137. The number of oxime groups is 2. The van der Waals surface area contributed by atoms with E-state index in [1.54, 1.807) is 46.8 Å². The number of rotatable bonds is 20. The average Bonchev–Trinajstić information content (AvgIpc) is 3.08. The van der Waals surface area contributed by atoms with E-state index < -0.39 is 40.3 Å². The molecule has 0 fully saturated rings. The van der Waals surface area contributed by atoms with Gasteiger partial charge in [0.05, 0.1) is 53.6 Å². The third kappa shape index (κ3) is 11.8. The third-order valence-corrected chi connectivity index (χ3v) is 8.05. The van der Waals surface area contributed by atoms with Crippen LogP contribution in [0.25, 0.3) is 11.2 Å². The molecule has 0 radical (unpaired) electrons. The second-order valence-corrected chi connectivity index (χ2v) is 12.7. The van der Waals surface area contributed by atoms with Crippen molar-refractivity contribution in [1.82, 2.24) is 36.0 Å². The van der Waals surface area contributed by atoms with E-state index in [9.17, 15) is 29.5 Å². The van der Waals surface area contributed by atoms with Gasteiger partial charge in [0, 0.05) is 30.6 Å². The maximum absolute atomic E-state index is 13.3. The summed E-state index contributed by atoms with van der Waals surface area (Å²) in [5, 5.41) is 43.5. The van der Waals surface area contributed by atoms with Crippen LogP contribution >= 0.6 is 0 Å². The number of anilines is 2. The number of amides is 1. The molecule has 19 heteroatoms. The van der Waals surface area contributed by atoms with Gasteiger partial charge >= 0.3 is 5.97 Å². The Kier molecular flexibility index (Phi) is 14.0. The molecule has 0 unspecified atom stereocenters. The van der Waals surface area contributed by atoms with E-state index >= 15 is 0 Å². The number of carbonyl (C=O) groups excluding carboxylic acids is 2. The fourth-order valence-electron chi connectivity index (χ4n) is 4.66. The molecule has 0 bridgehead atoms. The minimum Gasteiger partial charge on any atom is -0.481 e. The predicted octanol–water partition coefficient (Wildman–Crippen LogP) is 1.57. The summed E-state index contributed by atoms with van der Waals surface area (Å²) in [5.41, 5.74) is 8.46. The molecule has 1 atom stereocenters. The summed E-state index contributed by atoms with van der Waals surface area (Å²) in [6.45, 7) is 9.47. The number of benzene rings is 1. The molecule has 1 aromatic carbocycles. The van der Waals surface area contributed by atoms with Crippen LogP contribution in [0.15, 0.2) is 45.6 Å². The SMILES string of the molecule is CC(=NO)C(C)(C)NOCCNC(C)(C)C(CCC(=O)[C@H](CCC(=O)O)NC(=O)c1ccc(NCc2cnc3nc(N)[nH]c(=O)c3n2)cc1)=NO. The van der Waals surface area contributed by atoms with Gasteiger partial charge in [-0.2, -0.15) is 10.5 Å². The molecule has 19 nitrogen and oxygen atoms in total. The molecule has 2 heterocycles. The Labute approximate surface area is 293 Å². The van der Waals surface area contributed by atoms with Crippen molar-refractivity contribution >= 4 is 51.9 Å². The number of hydroxylamine groups is 1. The molecule has 276 valence electrons. The highest BCUT2D eigenvalue weighted by Crippen LogP contribution is 2.15. The lowest BCUT2D eigenvalue weighted by Gasteiger charge is -2.28. The molecule has 51 heavy (non-hydrogen) atoms. The molecule has 0 aliphatic heterocycles.